The molecular weight excluding hydrogens is 451 g/mol. The molecule has 1 fully saturated rings. The van der Waals surface area contributed by atoms with Crippen LogP contribution in [0.2, 0.25) is 0 Å². The molecule has 0 saturated carbocycles. The minimum Gasteiger partial charge on any atom is -0.456 e. The Kier molecular flexibility index (Phi) is 5.51. The Balaban J connectivity index is 1.48. The number of carbonyl (C=O) groups excluding carboxylic acids is 1. The van der Waals surface area contributed by atoms with Gasteiger partial charge in [0.05, 0.1) is 35.4 Å². The Morgan fingerprint density at radius 1 is 1.09 bits per heavy atom. The summed E-state index contributed by atoms with van der Waals surface area (Å²) in [5.41, 5.74) is -0.550. The van der Waals surface area contributed by atoms with Gasteiger partial charge in [-0.1, -0.05) is 6.07 Å². The minimum absolute atomic E-state index is 0.0367. The van der Waals surface area contributed by atoms with Crippen LogP contribution in [0.1, 0.15) is 16.2 Å². The molecular formula is C20H16F3N3O5S. The number of aliphatic hydroxyl groups excluding tert-OH is 1. The van der Waals surface area contributed by atoms with Crippen LogP contribution in [0.25, 0.3) is 10.9 Å². The van der Waals surface area contributed by atoms with Gasteiger partial charge in [0.25, 0.3) is 5.91 Å². The number of nitrogens with zero attached hydrogens (tertiary/aromatic N) is 2. The molecule has 1 aliphatic rings. The van der Waals surface area contributed by atoms with Crippen LogP contribution in [0.4, 0.5) is 13.2 Å². The summed E-state index contributed by atoms with van der Waals surface area (Å²) in [6.07, 6.45) is -4.75. The molecule has 2 N–H and O–H groups in total. The van der Waals surface area contributed by atoms with Gasteiger partial charge < -0.3 is 15.2 Å². The monoisotopic (exact) mass is 467 g/mol. The summed E-state index contributed by atoms with van der Waals surface area (Å²) >= 11 is 0. The number of sulfone groups is 1. The van der Waals surface area contributed by atoms with Crippen LogP contribution in [-0.4, -0.2) is 53.1 Å². The number of ether oxygens (including phenoxy) is 1. The summed E-state index contributed by atoms with van der Waals surface area (Å²) < 4.78 is 66.5. The highest BCUT2D eigenvalue weighted by atomic mass is 32.2. The van der Waals surface area contributed by atoms with E-state index in [9.17, 15) is 31.5 Å². The van der Waals surface area contributed by atoms with E-state index in [2.05, 4.69) is 15.3 Å². The second kappa shape index (κ2) is 8.02. The van der Waals surface area contributed by atoms with Crippen LogP contribution in [-0.2, 0) is 16.0 Å². The van der Waals surface area contributed by atoms with E-state index >= 15 is 0 Å². The molecule has 8 nitrogen and oxygen atoms in total. The molecule has 0 bridgehead atoms. The van der Waals surface area contributed by atoms with E-state index in [1.807, 2.05) is 0 Å². The number of carbonyl (C=O) groups is 1. The third kappa shape index (κ3) is 4.81. The minimum atomic E-state index is -4.54. The molecule has 4 rings (SSSR count). The number of aliphatic hydroxyl groups is 1. The van der Waals surface area contributed by atoms with Gasteiger partial charge in [-0.2, -0.15) is 13.2 Å². The number of nitrogens with one attached hydrogen (secondary N) is 1. The van der Waals surface area contributed by atoms with Crippen molar-refractivity contribution in [2.75, 3.05) is 11.5 Å². The van der Waals surface area contributed by atoms with E-state index in [1.54, 1.807) is 18.2 Å². The van der Waals surface area contributed by atoms with Gasteiger partial charge in [-0.15, -0.1) is 0 Å². The van der Waals surface area contributed by atoms with E-state index in [-0.39, 0.29) is 17.2 Å². The average Bonchev–Trinajstić information content (AvgIpc) is 2.98. The zero-order chi connectivity index (χ0) is 23.1. The number of aromatic nitrogens is 2. The number of fused-ring (bicyclic) bond motifs is 1. The average molecular weight is 467 g/mol. The molecule has 1 aromatic carbocycles. The van der Waals surface area contributed by atoms with E-state index in [0.29, 0.717) is 16.7 Å². The summed E-state index contributed by atoms with van der Waals surface area (Å²) in [4.78, 5) is 20.0. The molecule has 2 aromatic heterocycles. The van der Waals surface area contributed by atoms with Gasteiger partial charge in [0, 0.05) is 5.39 Å². The molecule has 12 heteroatoms. The topological polar surface area (TPSA) is 118 Å². The van der Waals surface area contributed by atoms with Crippen LogP contribution in [0, 0.1) is 0 Å². The van der Waals surface area contributed by atoms with Crippen molar-refractivity contribution in [1.29, 1.82) is 0 Å². The lowest BCUT2D eigenvalue weighted by molar-refractivity contribution is -0.141. The zero-order valence-corrected chi connectivity index (χ0v) is 17.0. The van der Waals surface area contributed by atoms with Crippen LogP contribution >= 0.6 is 0 Å². The summed E-state index contributed by atoms with van der Waals surface area (Å²) in [6, 6.07) is 8.77. The molecule has 0 spiro atoms. The van der Waals surface area contributed by atoms with Gasteiger partial charge in [0.15, 0.2) is 9.84 Å². The largest absolute Gasteiger partial charge is 0.456 e. The zero-order valence-electron chi connectivity index (χ0n) is 16.2. The molecule has 2 atom stereocenters. The molecule has 0 unspecified atom stereocenters. The lowest BCUT2D eigenvalue weighted by atomic mass is 10.1. The highest BCUT2D eigenvalue weighted by molar-refractivity contribution is 7.91. The Bertz CT molecular complexity index is 1280. The molecule has 168 valence electrons. The first-order valence-corrected chi connectivity index (χ1v) is 11.1. The number of amides is 1. The van der Waals surface area contributed by atoms with E-state index in [1.165, 1.54) is 12.1 Å². The lowest BCUT2D eigenvalue weighted by Crippen LogP contribution is -2.42. The van der Waals surface area contributed by atoms with Gasteiger partial charge in [-0.3, -0.25) is 4.79 Å². The fraction of sp³-hybridized carbons (Fsp3) is 0.250. The Morgan fingerprint density at radius 2 is 1.84 bits per heavy atom. The van der Waals surface area contributed by atoms with Crippen molar-refractivity contribution in [1.82, 2.24) is 15.3 Å². The van der Waals surface area contributed by atoms with Crippen LogP contribution in [0.15, 0.2) is 48.7 Å². The van der Waals surface area contributed by atoms with E-state index in [0.717, 1.165) is 18.3 Å². The van der Waals surface area contributed by atoms with Gasteiger partial charge in [0.2, 0.25) is 0 Å². The van der Waals surface area contributed by atoms with Gasteiger partial charge in [0.1, 0.15) is 22.9 Å². The first kappa shape index (κ1) is 22.0. The fourth-order valence-electron chi connectivity index (χ4n) is 3.25. The van der Waals surface area contributed by atoms with Crippen LogP contribution < -0.4 is 10.1 Å². The number of alkyl halides is 3. The summed E-state index contributed by atoms with van der Waals surface area (Å²) in [5, 5.41) is 12.9. The fourth-order valence-corrected chi connectivity index (χ4v) is 4.99. The normalized spacial score (nSPS) is 20.2. The quantitative estimate of drug-likeness (QED) is 0.605. The highest BCUT2D eigenvalue weighted by Gasteiger charge is 2.37. The number of rotatable bonds is 4. The van der Waals surface area contributed by atoms with Crippen LogP contribution in [0.3, 0.4) is 0 Å². The summed E-state index contributed by atoms with van der Waals surface area (Å²) in [7, 11) is -3.41. The number of hydrogen-bond acceptors (Lipinski definition) is 7. The van der Waals surface area contributed by atoms with Crippen molar-refractivity contribution in [3.63, 3.8) is 0 Å². The molecule has 0 radical (unpaired) electrons. The van der Waals surface area contributed by atoms with Gasteiger partial charge in [-0.05, 0) is 36.4 Å². The Morgan fingerprint density at radius 3 is 2.47 bits per heavy atom. The predicted molar refractivity (Wildman–Crippen MR) is 107 cm³/mol. The Hall–Kier alpha value is -3.25. The number of benzene rings is 1. The maximum absolute atomic E-state index is 12.6. The van der Waals surface area contributed by atoms with Crippen molar-refractivity contribution in [2.45, 2.75) is 18.3 Å². The van der Waals surface area contributed by atoms with Crippen molar-refractivity contribution < 1.29 is 36.2 Å². The van der Waals surface area contributed by atoms with Crippen molar-refractivity contribution in [3.8, 4) is 11.5 Å². The maximum atomic E-state index is 12.6. The SMILES string of the molecule is O=C(N[C@@H]1CS(=O)(=O)C[C@H]1O)c1ccc2cc(Oc3ccc(C(F)(F)F)nc3)ccc2n1. The van der Waals surface area contributed by atoms with Crippen LogP contribution in [0.5, 0.6) is 11.5 Å². The standard InChI is InChI=1S/C20H16F3N3O5S/c21-20(22,23)18-6-3-13(8-24-18)31-12-2-5-14-11(7-12)1-4-15(25-14)19(28)26-16-9-32(29,30)10-17(16)27/h1-8,16-17,27H,9-10H2,(H,26,28)/t16-,17-/m1/s1. The molecule has 0 aliphatic carbocycles. The Labute approximate surface area is 180 Å². The summed E-state index contributed by atoms with van der Waals surface area (Å²) in [6.45, 7) is 0. The first-order chi connectivity index (χ1) is 15.0. The van der Waals surface area contributed by atoms with E-state index in [4.69, 9.17) is 4.74 Å². The maximum Gasteiger partial charge on any atom is 0.433 e. The second-order valence-corrected chi connectivity index (χ2v) is 9.41. The van der Waals surface area contributed by atoms with Gasteiger partial charge >= 0.3 is 6.18 Å². The number of hydrogen-bond donors (Lipinski definition) is 2. The van der Waals surface area contributed by atoms with Gasteiger partial charge in [-0.25, -0.2) is 18.4 Å². The second-order valence-electron chi connectivity index (χ2n) is 7.25. The molecule has 32 heavy (non-hydrogen) atoms. The first-order valence-electron chi connectivity index (χ1n) is 9.31. The molecule has 1 saturated heterocycles. The number of halogens is 3. The summed E-state index contributed by atoms with van der Waals surface area (Å²) in [5.74, 6) is -0.916. The number of pyridine rings is 2. The van der Waals surface area contributed by atoms with E-state index < -0.39 is 45.5 Å². The molecule has 1 amide bonds. The van der Waals surface area contributed by atoms with Crippen molar-refractivity contribution >= 4 is 26.6 Å². The third-order valence-electron chi connectivity index (χ3n) is 4.79. The molecule has 1 aliphatic heterocycles. The predicted octanol–water partition coefficient (Wildman–Crippen LogP) is 2.33. The molecule has 3 aromatic rings. The van der Waals surface area contributed by atoms with Crippen molar-refractivity contribution in [2.24, 2.45) is 0 Å². The highest BCUT2D eigenvalue weighted by Crippen LogP contribution is 2.30. The third-order valence-corrected chi connectivity index (χ3v) is 6.51. The lowest BCUT2D eigenvalue weighted by Gasteiger charge is -2.14. The van der Waals surface area contributed by atoms with Crippen molar-refractivity contribution in [3.05, 3.63) is 60.0 Å². The molecule has 3 heterocycles. The smallest absolute Gasteiger partial charge is 0.433 e.